The van der Waals surface area contributed by atoms with Crippen LogP contribution in [-0.2, 0) is 4.74 Å². The highest BCUT2D eigenvalue weighted by molar-refractivity contribution is 7.22. The first kappa shape index (κ1) is 20.8. The van der Waals surface area contributed by atoms with Crippen molar-refractivity contribution in [2.24, 2.45) is 0 Å². The zero-order valence-corrected chi connectivity index (χ0v) is 17.4. The fourth-order valence-corrected chi connectivity index (χ4v) is 4.63. The molecule has 0 spiro atoms. The number of halogens is 3. The number of hydrogen-bond donors (Lipinski definition) is 0. The van der Waals surface area contributed by atoms with Gasteiger partial charge in [0, 0.05) is 18.2 Å². The van der Waals surface area contributed by atoms with E-state index in [1.807, 2.05) is 0 Å². The molecule has 1 saturated heterocycles. The van der Waals surface area contributed by atoms with Gasteiger partial charge in [0.25, 0.3) is 5.91 Å². The average molecular weight is 466 g/mol. The van der Waals surface area contributed by atoms with Gasteiger partial charge in [0.2, 0.25) is 6.79 Å². The molecule has 1 atom stereocenters. The number of nitrogens with zero attached hydrogens (tertiary/aromatic N) is 2. The fraction of sp³-hybridized carbons (Fsp3) is 0.333. The second kappa shape index (κ2) is 8.14. The van der Waals surface area contributed by atoms with Gasteiger partial charge in [-0.2, -0.15) is 0 Å². The summed E-state index contributed by atoms with van der Waals surface area (Å²) >= 11 is 1.11. The number of hydrogen-bond acceptors (Lipinski definition) is 7. The number of amides is 1. The van der Waals surface area contributed by atoms with Gasteiger partial charge in [-0.3, -0.25) is 9.69 Å². The van der Waals surface area contributed by atoms with Crippen LogP contribution >= 0.6 is 11.3 Å². The molecule has 0 bridgehead atoms. The van der Waals surface area contributed by atoms with E-state index >= 15 is 0 Å². The van der Waals surface area contributed by atoms with Crippen LogP contribution in [-0.4, -0.2) is 43.3 Å². The first-order valence-corrected chi connectivity index (χ1v) is 10.7. The lowest BCUT2D eigenvalue weighted by Gasteiger charge is -2.23. The van der Waals surface area contributed by atoms with Crippen LogP contribution in [0, 0.1) is 0 Å². The third-order valence-electron chi connectivity index (χ3n) is 5.09. The summed E-state index contributed by atoms with van der Waals surface area (Å²) in [4.78, 5) is 19.4. The van der Waals surface area contributed by atoms with Gasteiger partial charge in [0.1, 0.15) is 5.75 Å². The van der Waals surface area contributed by atoms with Crippen LogP contribution in [0.4, 0.5) is 18.3 Å². The highest BCUT2D eigenvalue weighted by Crippen LogP contribution is 2.36. The van der Waals surface area contributed by atoms with Crippen molar-refractivity contribution in [3.05, 3.63) is 42.0 Å². The zero-order chi connectivity index (χ0) is 22.3. The highest BCUT2D eigenvalue weighted by Gasteiger charge is 2.32. The van der Waals surface area contributed by atoms with E-state index in [4.69, 9.17) is 14.2 Å². The molecule has 1 fully saturated rings. The number of carbonyl (C=O) groups excluding carboxylic acids is 1. The Morgan fingerprint density at radius 3 is 2.81 bits per heavy atom. The molecule has 0 radical (unpaired) electrons. The smallest absolute Gasteiger partial charge is 0.454 e. The van der Waals surface area contributed by atoms with Crippen LogP contribution in [0.15, 0.2) is 36.4 Å². The second-order valence-electron chi connectivity index (χ2n) is 7.29. The molecule has 3 aromatic rings. The largest absolute Gasteiger partial charge is 0.573 e. The molecule has 168 valence electrons. The van der Waals surface area contributed by atoms with Crippen LogP contribution in [0.5, 0.6) is 17.2 Å². The molecule has 3 heterocycles. The summed E-state index contributed by atoms with van der Waals surface area (Å²) in [6.07, 6.45) is -3.24. The predicted octanol–water partition coefficient (Wildman–Crippen LogP) is 4.75. The SMILES string of the molecule is O=C(c1ccc2c(c1)OCO2)N(CC1CCCO1)c1nc2ccc(OC(F)(F)F)cc2s1. The van der Waals surface area contributed by atoms with Gasteiger partial charge in [-0.05, 0) is 43.2 Å². The molecule has 0 aliphatic carbocycles. The van der Waals surface area contributed by atoms with Crippen LogP contribution in [0.25, 0.3) is 10.2 Å². The monoisotopic (exact) mass is 466 g/mol. The molecule has 2 aliphatic heterocycles. The summed E-state index contributed by atoms with van der Waals surface area (Å²) in [5.41, 5.74) is 0.850. The third kappa shape index (κ3) is 4.30. The maximum Gasteiger partial charge on any atom is 0.573 e. The van der Waals surface area contributed by atoms with E-state index in [-0.39, 0.29) is 31.1 Å². The highest BCUT2D eigenvalue weighted by atomic mass is 32.1. The number of carbonyl (C=O) groups is 1. The van der Waals surface area contributed by atoms with Crippen molar-refractivity contribution in [2.75, 3.05) is 24.8 Å². The maximum absolute atomic E-state index is 13.4. The normalized spacial score (nSPS) is 17.7. The minimum absolute atomic E-state index is 0.0901. The number of anilines is 1. The van der Waals surface area contributed by atoms with E-state index in [0.29, 0.717) is 39.0 Å². The van der Waals surface area contributed by atoms with E-state index in [0.717, 1.165) is 24.2 Å². The molecule has 7 nitrogen and oxygen atoms in total. The lowest BCUT2D eigenvalue weighted by Crippen LogP contribution is -2.37. The Labute approximate surface area is 184 Å². The lowest BCUT2D eigenvalue weighted by atomic mass is 10.1. The fourth-order valence-electron chi connectivity index (χ4n) is 3.63. The molecule has 11 heteroatoms. The topological polar surface area (TPSA) is 70.1 Å². The van der Waals surface area contributed by atoms with Crippen molar-refractivity contribution < 1.29 is 36.9 Å². The Bertz CT molecular complexity index is 1160. The summed E-state index contributed by atoms with van der Waals surface area (Å²) in [6.45, 7) is 0.987. The molecule has 1 amide bonds. The third-order valence-corrected chi connectivity index (χ3v) is 6.13. The number of thiazole rings is 1. The van der Waals surface area contributed by atoms with E-state index in [1.165, 1.54) is 23.1 Å². The molecular weight excluding hydrogens is 449 g/mol. The van der Waals surface area contributed by atoms with Gasteiger partial charge in [-0.1, -0.05) is 11.3 Å². The predicted molar refractivity (Wildman–Crippen MR) is 110 cm³/mol. The van der Waals surface area contributed by atoms with Crippen molar-refractivity contribution in [1.82, 2.24) is 4.98 Å². The molecule has 1 aromatic heterocycles. The van der Waals surface area contributed by atoms with Crippen LogP contribution in [0.1, 0.15) is 23.2 Å². The zero-order valence-electron chi connectivity index (χ0n) is 16.6. The maximum atomic E-state index is 13.4. The molecular formula is C21H17F3N2O5S. The van der Waals surface area contributed by atoms with E-state index < -0.39 is 6.36 Å². The van der Waals surface area contributed by atoms with Crippen molar-refractivity contribution in [2.45, 2.75) is 25.3 Å². The average Bonchev–Trinajstić information content (AvgIpc) is 3.49. The summed E-state index contributed by atoms with van der Waals surface area (Å²) in [5, 5.41) is 0.363. The van der Waals surface area contributed by atoms with Gasteiger partial charge < -0.3 is 18.9 Å². The van der Waals surface area contributed by atoms with Crippen molar-refractivity contribution in [3.63, 3.8) is 0 Å². The number of rotatable bonds is 5. The Balaban J connectivity index is 1.48. The van der Waals surface area contributed by atoms with Gasteiger partial charge >= 0.3 is 6.36 Å². The number of fused-ring (bicyclic) bond motifs is 2. The number of ether oxygens (including phenoxy) is 4. The van der Waals surface area contributed by atoms with Crippen LogP contribution < -0.4 is 19.1 Å². The quantitative estimate of drug-likeness (QED) is 0.541. The molecule has 32 heavy (non-hydrogen) atoms. The van der Waals surface area contributed by atoms with Gasteiger partial charge in [0.15, 0.2) is 16.6 Å². The number of benzene rings is 2. The number of aromatic nitrogens is 1. The Morgan fingerprint density at radius 1 is 1.19 bits per heavy atom. The summed E-state index contributed by atoms with van der Waals surface area (Å²) in [5.74, 6) is 0.383. The molecule has 1 unspecified atom stereocenters. The van der Waals surface area contributed by atoms with Crippen molar-refractivity contribution in [1.29, 1.82) is 0 Å². The molecule has 2 aliphatic rings. The van der Waals surface area contributed by atoms with E-state index in [1.54, 1.807) is 18.2 Å². The second-order valence-corrected chi connectivity index (χ2v) is 8.30. The van der Waals surface area contributed by atoms with Crippen molar-refractivity contribution in [3.8, 4) is 17.2 Å². The molecule has 2 aromatic carbocycles. The van der Waals surface area contributed by atoms with Gasteiger partial charge in [0.05, 0.1) is 22.9 Å². The lowest BCUT2D eigenvalue weighted by molar-refractivity contribution is -0.274. The first-order valence-electron chi connectivity index (χ1n) is 9.85. The van der Waals surface area contributed by atoms with E-state index in [9.17, 15) is 18.0 Å². The Hall–Kier alpha value is -3.05. The van der Waals surface area contributed by atoms with Crippen molar-refractivity contribution >= 4 is 32.6 Å². The Morgan fingerprint density at radius 2 is 2.03 bits per heavy atom. The molecule has 0 N–H and O–H groups in total. The van der Waals surface area contributed by atoms with Gasteiger partial charge in [-0.25, -0.2) is 4.98 Å². The molecule has 5 rings (SSSR count). The standard InChI is InChI=1S/C21H17F3N2O5S/c22-21(23,24)31-13-4-5-15-18(9-13)32-20(25-15)26(10-14-2-1-7-28-14)19(27)12-3-6-16-17(8-12)30-11-29-16/h3-6,8-9,14H,1-2,7,10-11H2. The minimum Gasteiger partial charge on any atom is -0.454 e. The van der Waals surface area contributed by atoms with Crippen LogP contribution in [0.3, 0.4) is 0 Å². The summed E-state index contributed by atoms with van der Waals surface area (Å²) < 4.78 is 58.6. The number of alkyl halides is 3. The Kier molecular flexibility index (Phi) is 5.30. The van der Waals surface area contributed by atoms with Crippen LogP contribution in [0.2, 0.25) is 0 Å². The molecule has 0 saturated carbocycles. The summed E-state index contributed by atoms with van der Waals surface area (Å²) in [6, 6.07) is 8.81. The summed E-state index contributed by atoms with van der Waals surface area (Å²) in [7, 11) is 0. The van der Waals surface area contributed by atoms with E-state index in [2.05, 4.69) is 9.72 Å². The first-order chi connectivity index (χ1) is 15.4. The minimum atomic E-state index is -4.79. The van der Waals surface area contributed by atoms with Gasteiger partial charge in [-0.15, -0.1) is 13.2 Å².